The smallest absolute Gasteiger partial charge is 0.255 e. The van der Waals surface area contributed by atoms with Crippen LogP contribution in [0.3, 0.4) is 0 Å². The van der Waals surface area contributed by atoms with Gasteiger partial charge in [0.1, 0.15) is 0 Å². The van der Waals surface area contributed by atoms with Crippen molar-refractivity contribution in [2.24, 2.45) is 0 Å². The van der Waals surface area contributed by atoms with Gasteiger partial charge in [-0.3, -0.25) is 4.79 Å². The Balaban J connectivity index is 2.20. The first-order valence-corrected chi connectivity index (χ1v) is 5.88. The van der Waals surface area contributed by atoms with Gasteiger partial charge in [0.05, 0.1) is 17.0 Å². The number of rotatable bonds is 2. The monoisotopic (exact) mass is 234 g/mol. The Morgan fingerprint density at radius 2 is 2.24 bits per heavy atom. The highest BCUT2D eigenvalue weighted by Crippen LogP contribution is 2.13. The third kappa shape index (κ3) is 2.44. The van der Waals surface area contributed by atoms with Gasteiger partial charge in [0.15, 0.2) is 0 Å². The molecule has 0 radical (unpaired) electrons. The van der Waals surface area contributed by atoms with Crippen LogP contribution in [0.25, 0.3) is 0 Å². The molecular formula is C12H18N4O. The fourth-order valence-corrected chi connectivity index (χ4v) is 2.09. The number of carbonyl (C=O) groups excluding carboxylic acids is 1. The molecule has 2 heterocycles. The van der Waals surface area contributed by atoms with E-state index in [1.54, 1.807) is 0 Å². The van der Waals surface area contributed by atoms with Gasteiger partial charge >= 0.3 is 0 Å². The Kier molecular flexibility index (Phi) is 3.38. The molecular weight excluding hydrogens is 216 g/mol. The third-order valence-electron chi connectivity index (χ3n) is 3.23. The fourth-order valence-electron chi connectivity index (χ4n) is 2.09. The van der Waals surface area contributed by atoms with Crippen molar-refractivity contribution < 1.29 is 4.79 Å². The maximum atomic E-state index is 12.3. The number of likely N-dealkylation sites (N-methyl/N-ethyl adjacent to an activating group) is 1. The number of hydrogen-bond donors (Lipinski definition) is 1. The van der Waals surface area contributed by atoms with Crippen LogP contribution < -0.4 is 5.32 Å². The number of aromatic nitrogens is 2. The predicted octanol–water partition coefficient (Wildman–Crippen LogP) is 0.527. The minimum atomic E-state index is 0.0363. The molecule has 0 spiro atoms. The van der Waals surface area contributed by atoms with Crippen LogP contribution in [-0.2, 0) is 0 Å². The van der Waals surface area contributed by atoms with Crippen molar-refractivity contribution in [2.75, 3.05) is 20.1 Å². The van der Waals surface area contributed by atoms with E-state index in [9.17, 15) is 4.79 Å². The molecule has 1 aliphatic heterocycles. The molecule has 1 amide bonds. The minimum absolute atomic E-state index is 0.0363. The molecule has 1 saturated heterocycles. The summed E-state index contributed by atoms with van der Waals surface area (Å²) in [5, 5.41) is 11.2. The van der Waals surface area contributed by atoms with E-state index in [1.165, 1.54) is 0 Å². The first-order chi connectivity index (χ1) is 8.09. The van der Waals surface area contributed by atoms with Gasteiger partial charge in [-0.25, -0.2) is 0 Å². The zero-order chi connectivity index (χ0) is 12.4. The quantitative estimate of drug-likeness (QED) is 0.811. The summed E-state index contributed by atoms with van der Waals surface area (Å²) in [6, 6.07) is 2.10. The number of amides is 1. The van der Waals surface area contributed by atoms with Gasteiger partial charge in [0, 0.05) is 19.6 Å². The lowest BCUT2D eigenvalue weighted by atomic mass is 10.1. The van der Waals surface area contributed by atoms with Gasteiger partial charge in [-0.1, -0.05) is 0 Å². The first-order valence-electron chi connectivity index (χ1n) is 5.88. The summed E-state index contributed by atoms with van der Waals surface area (Å²) in [5.41, 5.74) is 2.13. The molecule has 2 rings (SSSR count). The van der Waals surface area contributed by atoms with E-state index in [-0.39, 0.29) is 11.9 Å². The van der Waals surface area contributed by atoms with Crippen molar-refractivity contribution >= 4 is 5.91 Å². The number of hydrogen-bond acceptors (Lipinski definition) is 4. The highest BCUT2D eigenvalue weighted by molar-refractivity contribution is 5.95. The lowest BCUT2D eigenvalue weighted by Crippen LogP contribution is -2.38. The molecule has 1 aliphatic rings. The van der Waals surface area contributed by atoms with Crippen molar-refractivity contribution in [3.05, 3.63) is 23.0 Å². The van der Waals surface area contributed by atoms with Crippen LogP contribution in [0.5, 0.6) is 0 Å². The molecule has 1 unspecified atom stereocenters. The fraction of sp³-hybridized carbons (Fsp3) is 0.583. The molecule has 1 aromatic rings. The average molecular weight is 234 g/mol. The van der Waals surface area contributed by atoms with Crippen LogP contribution in [0.1, 0.15) is 28.2 Å². The zero-order valence-electron chi connectivity index (χ0n) is 10.5. The maximum absolute atomic E-state index is 12.3. The van der Waals surface area contributed by atoms with Gasteiger partial charge in [0.2, 0.25) is 0 Å². The van der Waals surface area contributed by atoms with Crippen molar-refractivity contribution in [3.8, 4) is 0 Å². The molecule has 0 aliphatic carbocycles. The number of carbonyl (C=O) groups is 1. The molecule has 5 heteroatoms. The Bertz CT molecular complexity index is 427. The van der Waals surface area contributed by atoms with Crippen LogP contribution in [0.2, 0.25) is 0 Å². The molecule has 1 atom stereocenters. The summed E-state index contributed by atoms with van der Waals surface area (Å²) in [6.07, 6.45) is 1.01. The zero-order valence-corrected chi connectivity index (χ0v) is 10.5. The highest BCUT2D eigenvalue weighted by atomic mass is 16.2. The third-order valence-corrected chi connectivity index (χ3v) is 3.23. The second kappa shape index (κ2) is 4.79. The summed E-state index contributed by atoms with van der Waals surface area (Å²) < 4.78 is 0. The van der Waals surface area contributed by atoms with Crippen LogP contribution in [-0.4, -0.2) is 47.2 Å². The molecule has 0 saturated carbocycles. The number of aryl methyl sites for hydroxylation is 2. The van der Waals surface area contributed by atoms with E-state index in [1.807, 2.05) is 31.9 Å². The lowest BCUT2D eigenvalue weighted by Gasteiger charge is -2.24. The van der Waals surface area contributed by atoms with E-state index >= 15 is 0 Å². The number of nitrogens with one attached hydrogen (secondary N) is 1. The average Bonchev–Trinajstić information content (AvgIpc) is 2.84. The van der Waals surface area contributed by atoms with Crippen molar-refractivity contribution in [1.29, 1.82) is 0 Å². The Morgan fingerprint density at radius 3 is 2.88 bits per heavy atom. The Hall–Kier alpha value is -1.49. The van der Waals surface area contributed by atoms with Crippen molar-refractivity contribution in [1.82, 2.24) is 20.4 Å². The summed E-state index contributed by atoms with van der Waals surface area (Å²) >= 11 is 0. The topological polar surface area (TPSA) is 58.1 Å². The lowest BCUT2D eigenvalue weighted by molar-refractivity contribution is 0.0742. The summed E-state index contributed by atoms with van der Waals surface area (Å²) in [5.74, 6) is 0.0363. The Morgan fingerprint density at radius 1 is 1.47 bits per heavy atom. The largest absolute Gasteiger partial charge is 0.337 e. The normalized spacial score (nSPS) is 19.4. The van der Waals surface area contributed by atoms with Crippen LogP contribution in [0.4, 0.5) is 0 Å². The first kappa shape index (κ1) is 12.0. The van der Waals surface area contributed by atoms with E-state index in [0.717, 1.165) is 25.2 Å². The van der Waals surface area contributed by atoms with Crippen molar-refractivity contribution in [2.45, 2.75) is 26.3 Å². The molecule has 0 bridgehead atoms. The van der Waals surface area contributed by atoms with Crippen LogP contribution >= 0.6 is 0 Å². The van der Waals surface area contributed by atoms with E-state index in [2.05, 4.69) is 15.5 Å². The van der Waals surface area contributed by atoms with Crippen LogP contribution in [0, 0.1) is 13.8 Å². The highest BCUT2D eigenvalue weighted by Gasteiger charge is 2.25. The van der Waals surface area contributed by atoms with Gasteiger partial charge in [-0.05, 0) is 32.9 Å². The molecule has 92 valence electrons. The molecule has 1 N–H and O–H groups in total. The van der Waals surface area contributed by atoms with Gasteiger partial charge in [-0.15, -0.1) is 0 Å². The minimum Gasteiger partial charge on any atom is -0.337 e. The van der Waals surface area contributed by atoms with Gasteiger partial charge in [-0.2, -0.15) is 10.2 Å². The molecule has 5 nitrogen and oxygen atoms in total. The van der Waals surface area contributed by atoms with Gasteiger partial charge < -0.3 is 10.2 Å². The van der Waals surface area contributed by atoms with Crippen molar-refractivity contribution in [3.63, 3.8) is 0 Å². The standard InChI is InChI=1S/C12H18N4O/c1-8-6-11(9(2)15-14-8)12(17)16(3)10-4-5-13-7-10/h6,10,13H,4-5,7H2,1-3H3. The van der Waals surface area contributed by atoms with E-state index < -0.39 is 0 Å². The molecule has 1 fully saturated rings. The maximum Gasteiger partial charge on any atom is 0.255 e. The molecule has 0 aromatic carbocycles. The molecule has 17 heavy (non-hydrogen) atoms. The van der Waals surface area contributed by atoms with E-state index in [4.69, 9.17) is 0 Å². The molecule has 1 aromatic heterocycles. The second-order valence-electron chi connectivity index (χ2n) is 4.55. The predicted molar refractivity (Wildman–Crippen MR) is 64.9 cm³/mol. The number of nitrogens with zero attached hydrogens (tertiary/aromatic N) is 3. The summed E-state index contributed by atoms with van der Waals surface area (Å²) in [6.45, 7) is 5.52. The van der Waals surface area contributed by atoms with Gasteiger partial charge in [0.25, 0.3) is 5.91 Å². The van der Waals surface area contributed by atoms with Crippen LogP contribution in [0.15, 0.2) is 6.07 Å². The Labute approximate surface area is 101 Å². The summed E-state index contributed by atoms with van der Waals surface area (Å²) in [7, 11) is 1.86. The van der Waals surface area contributed by atoms with E-state index in [0.29, 0.717) is 11.3 Å². The second-order valence-corrected chi connectivity index (χ2v) is 4.55. The SMILES string of the molecule is Cc1cc(C(=O)N(C)C2CCNC2)c(C)nn1. The summed E-state index contributed by atoms with van der Waals surface area (Å²) in [4.78, 5) is 14.1.